The average molecular weight is 482 g/mol. The second-order valence-corrected chi connectivity index (χ2v) is 10.6. The Balaban J connectivity index is 1.69. The highest BCUT2D eigenvalue weighted by Crippen LogP contribution is 2.27. The first-order valence-electron chi connectivity index (χ1n) is 12.6. The van der Waals surface area contributed by atoms with Crippen LogP contribution in [0.1, 0.15) is 62.7 Å². The first-order valence-corrected chi connectivity index (χ1v) is 12.6. The van der Waals surface area contributed by atoms with E-state index in [4.69, 9.17) is 4.74 Å². The van der Waals surface area contributed by atoms with Crippen LogP contribution in [0.2, 0.25) is 0 Å². The molecule has 1 aromatic carbocycles. The zero-order valence-corrected chi connectivity index (χ0v) is 22.0. The van der Waals surface area contributed by atoms with Gasteiger partial charge in [0.15, 0.2) is 5.82 Å². The van der Waals surface area contributed by atoms with Crippen molar-refractivity contribution < 1.29 is 4.74 Å². The molecule has 1 saturated heterocycles. The van der Waals surface area contributed by atoms with Gasteiger partial charge in [-0.15, -0.1) is 5.10 Å². The van der Waals surface area contributed by atoms with Crippen molar-refractivity contribution in [3.63, 3.8) is 0 Å². The Morgan fingerprint density at radius 3 is 2.60 bits per heavy atom. The highest BCUT2D eigenvalue weighted by Gasteiger charge is 2.30. The molecule has 9 nitrogen and oxygen atoms in total. The number of nitrogens with zero attached hydrogens (tertiary/aromatic N) is 6. The third-order valence-corrected chi connectivity index (χ3v) is 6.81. The van der Waals surface area contributed by atoms with Gasteiger partial charge in [-0.2, -0.15) is 0 Å². The molecule has 0 bridgehead atoms. The summed E-state index contributed by atoms with van der Waals surface area (Å²) in [7, 11) is 0. The Morgan fingerprint density at radius 1 is 1.17 bits per heavy atom. The van der Waals surface area contributed by atoms with Crippen molar-refractivity contribution in [2.45, 2.75) is 66.1 Å². The van der Waals surface area contributed by atoms with E-state index < -0.39 is 0 Å². The third kappa shape index (κ3) is 5.79. The van der Waals surface area contributed by atoms with Gasteiger partial charge in [0, 0.05) is 38.3 Å². The van der Waals surface area contributed by atoms with Crippen LogP contribution in [0.25, 0.3) is 10.9 Å². The lowest BCUT2D eigenvalue weighted by Crippen LogP contribution is -2.43. The molecule has 2 aromatic heterocycles. The number of rotatable bonds is 8. The predicted octanol–water partition coefficient (Wildman–Crippen LogP) is 3.17. The number of pyridine rings is 1. The molecule has 0 amide bonds. The molecule has 0 saturated carbocycles. The summed E-state index contributed by atoms with van der Waals surface area (Å²) >= 11 is 0. The van der Waals surface area contributed by atoms with Gasteiger partial charge >= 0.3 is 0 Å². The Bertz CT molecular complexity index is 1200. The van der Waals surface area contributed by atoms with Crippen molar-refractivity contribution in [3.8, 4) is 0 Å². The van der Waals surface area contributed by atoms with Gasteiger partial charge in [0.2, 0.25) is 0 Å². The lowest BCUT2D eigenvalue weighted by molar-refractivity contribution is 0.0289. The lowest BCUT2D eigenvalue weighted by Gasteiger charge is -2.34. The number of nitrogens with one attached hydrogen (secondary N) is 1. The summed E-state index contributed by atoms with van der Waals surface area (Å²) in [5, 5.41) is 13.8. The minimum Gasteiger partial charge on any atom is -0.379 e. The monoisotopic (exact) mass is 481 g/mol. The summed E-state index contributed by atoms with van der Waals surface area (Å²) in [4.78, 5) is 21.1. The van der Waals surface area contributed by atoms with E-state index in [-0.39, 0.29) is 17.1 Å². The molecule has 3 aromatic rings. The standard InChI is InChI=1S/C26H39N7O2/c1-7-22(24-28-29-30-33(24)26(4,5)6)32(9-8-31-10-12-35-13-11-31)17-21-16-20-15-18(2)14-19(3)23(20)27-25(21)34/h14-16,22H,7-13,17H2,1-6H3,(H,27,34)/t22-/m0/s1. The molecule has 35 heavy (non-hydrogen) atoms. The highest BCUT2D eigenvalue weighted by molar-refractivity contribution is 5.82. The molecule has 9 heteroatoms. The number of morpholine rings is 1. The molecule has 4 rings (SSSR count). The van der Waals surface area contributed by atoms with Crippen LogP contribution in [-0.2, 0) is 16.8 Å². The molecule has 0 radical (unpaired) electrons. The summed E-state index contributed by atoms with van der Waals surface area (Å²) in [6, 6.07) is 6.28. The second-order valence-electron chi connectivity index (χ2n) is 10.6. The van der Waals surface area contributed by atoms with Crippen LogP contribution in [0.15, 0.2) is 23.0 Å². The molecule has 3 heterocycles. The Morgan fingerprint density at radius 2 is 1.91 bits per heavy atom. The number of tetrazole rings is 1. The van der Waals surface area contributed by atoms with E-state index in [1.165, 1.54) is 5.56 Å². The Labute approximate surface area is 207 Å². The smallest absolute Gasteiger partial charge is 0.252 e. The fourth-order valence-electron chi connectivity index (χ4n) is 4.99. The molecule has 0 spiro atoms. The molecule has 1 fully saturated rings. The Hall–Kier alpha value is -2.62. The van der Waals surface area contributed by atoms with E-state index in [0.29, 0.717) is 6.54 Å². The zero-order chi connectivity index (χ0) is 25.2. The second kappa shape index (κ2) is 10.6. The third-order valence-electron chi connectivity index (χ3n) is 6.81. The first kappa shape index (κ1) is 25.5. The van der Waals surface area contributed by atoms with Crippen LogP contribution in [0, 0.1) is 13.8 Å². The van der Waals surface area contributed by atoms with Gasteiger partial charge in [0.25, 0.3) is 5.56 Å². The quantitative estimate of drug-likeness (QED) is 0.528. The molecule has 1 aliphatic heterocycles. The maximum Gasteiger partial charge on any atom is 0.252 e. The average Bonchev–Trinajstić information content (AvgIpc) is 3.30. The van der Waals surface area contributed by atoms with Gasteiger partial charge in [-0.25, -0.2) is 4.68 Å². The topological polar surface area (TPSA) is 92.2 Å². The Kier molecular flexibility index (Phi) is 7.68. The number of H-pyrrole nitrogens is 1. The SMILES string of the molecule is CC[C@@H](c1nnnn1C(C)(C)C)N(CCN1CCOCC1)Cc1cc2cc(C)cc(C)c2[nH]c1=O. The molecular weight excluding hydrogens is 442 g/mol. The minimum atomic E-state index is -0.238. The molecule has 0 unspecified atom stereocenters. The van der Waals surface area contributed by atoms with Gasteiger partial charge in [-0.1, -0.05) is 18.6 Å². The van der Waals surface area contributed by atoms with Gasteiger partial charge in [0.1, 0.15) is 0 Å². The van der Waals surface area contributed by atoms with Crippen LogP contribution in [-0.4, -0.2) is 74.4 Å². The van der Waals surface area contributed by atoms with E-state index in [2.05, 4.69) is 83.1 Å². The number of fused-ring (bicyclic) bond motifs is 1. The number of aryl methyl sites for hydroxylation is 2. The van der Waals surface area contributed by atoms with Crippen molar-refractivity contribution in [2.75, 3.05) is 39.4 Å². The number of benzene rings is 1. The van der Waals surface area contributed by atoms with Crippen molar-refractivity contribution >= 4 is 10.9 Å². The van der Waals surface area contributed by atoms with Crippen LogP contribution < -0.4 is 5.56 Å². The number of aromatic nitrogens is 5. The molecule has 0 aliphatic carbocycles. The van der Waals surface area contributed by atoms with E-state index >= 15 is 0 Å². The van der Waals surface area contributed by atoms with Crippen molar-refractivity contribution in [1.82, 2.24) is 35.0 Å². The summed E-state index contributed by atoms with van der Waals surface area (Å²) in [6.07, 6.45) is 0.837. The van der Waals surface area contributed by atoms with Crippen LogP contribution in [0.3, 0.4) is 0 Å². The van der Waals surface area contributed by atoms with Crippen LogP contribution in [0.5, 0.6) is 0 Å². The van der Waals surface area contributed by atoms with Gasteiger partial charge < -0.3 is 9.72 Å². The van der Waals surface area contributed by atoms with Gasteiger partial charge in [-0.3, -0.25) is 14.6 Å². The van der Waals surface area contributed by atoms with Crippen LogP contribution >= 0.6 is 0 Å². The maximum absolute atomic E-state index is 13.2. The number of hydrogen-bond donors (Lipinski definition) is 1. The summed E-state index contributed by atoms with van der Waals surface area (Å²) in [5.41, 5.74) is 3.67. The minimum absolute atomic E-state index is 0.0143. The normalized spacial score (nSPS) is 16.3. The van der Waals surface area contributed by atoms with E-state index in [9.17, 15) is 4.79 Å². The zero-order valence-electron chi connectivity index (χ0n) is 22.0. The highest BCUT2D eigenvalue weighted by atomic mass is 16.5. The number of aromatic amines is 1. The van der Waals surface area contributed by atoms with Crippen molar-refractivity contribution in [1.29, 1.82) is 0 Å². The van der Waals surface area contributed by atoms with E-state index in [0.717, 1.165) is 73.7 Å². The fraction of sp³-hybridized carbons (Fsp3) is 0.615. The van der Waals surface area contributed by atoms with E-state index in [1.54, 1.807) is 0 Å². The van der Waals surface area contributed by atoms with E-state index in [1.807, 2.05) is 11.6 Å². The fourth-order valence-corrected chi connectivity index (χ4v) is 4.99. The van der Waals surface area contributed by atoms with Crippen molar-refractivity contribution in [3.05, 3.63) is 51.1 Å². The maximum atomic E-state index is 13.2. The molecule has 1 atom stereocenters. The molecule has 1 aliphatic rings. The number of ether oxygens (including phenoxy) is 1. The van der Waals surface area contributed by atoms with Crippen LogP contribution in [0.4, 0.5) is 0 Å². The predicted molar refractivity (Wildman–Crippen MR) is 138 cm³/mol. The lowest BCUT2D eigenvalue weighted by atomic mass is 10.0. The van der Waals surface area contributed by atoms with Gasteiger partial charge in [-0.05, 0) is 74.5 Å². The summed E-state index contributed by atoms with van der Waals surface area (Å²) in [6.45, 7) is 18.2. The van der Waals surface area contributed by atoms with Gasteiger partial charge in [0.05, 0.1) is 30.3 Å². The number of hydrogen-bond acceptors (Lipinski definition) is 7. The summed E-state index contributed by atoms with van der Waals surface area (Å²) < 4.78 is 7.45. The molecule has 190 valence electrons. The van der Waals surface area contributed by atoms with Crippen molar-refractivity contribution in [2.24, 2.45) is 0 Å². The summed E-state index contributed by atoms with van der Waals surface area (Å²) in [5.74, 6) is 0.839. The molecular formula is C26H39N7O2. The molecule has 1 N–H and O–H groups in total. The largest absolute Gasteiger partial charge is 0.379 e. The first-order chi connectivity index (χ1) is 16.7.